The lowest BCUT2D eigenvalue weighted by Gasteiger charge is -2.43. The molecule has 4 nitrogen and oxygen atoms in total. The normalized spacial score (nSPS) is 22.9. The molecule has 1 aliphatic heterocycles. The van der Waals surface area contributed by atoms with Gasteiger partial charge in [0.25, 0.3) is 0 Å². The number of nitrogens with zero attached hydrogens (tertiary/aromatic N) is 3. The molecule has 0 N–H and O–H groups in total. The number of alkyl halides is 3. The van der Waals surface area contributed by atoms with E-state index in [9.17, 15) is 13.2 Å². The van der Waals surface area contributed by atoms with Gasteiger partial charge in [-0.1, -0.05) is 31.9 Å². The van der Waals surface area contributed by atoms with Crippen LogP contribution in [0, 0.1) is 0 Å². The molecule has 1 aliphatic rings. The number of hydrogen-bond acceptors (Lipinski definition) is 4. The van der Waals surface area contributed by atoms with Crippen molar-refractivity contribution in [2.45, 2.75) is 44.9 Å². The molecule has 2 heterocycles. The van der Waals surface area contributed by atoms with Gasteiger partial charge in [0.05, 0.1) is 12.2 Å². The first-order chi connectivity index (χ1) is 10.3. The maximum atomic E-state index is 12.8. The standard InChI is InChI=1S/C14H19ClF3N3O/c1-3-5-13(4-2)9-21(6-7-22-13)11-8-10(15)19-12(20-11)14(16,17)18/h8H,3-7,9H2,1-2H3. The third-order valence-electron chi connectivity index (χ3n) is 3.86. The van der Waals surface area contributed by atoms with Gasteiger partial charge in [-0.2, -0.15) is 13.2 Å². The summed E-state index contributed by atoms with van der Waals surface area (Å²) in [6.45, 7) is 5.52. The molecule has 1 aromatic heterocycles. The monoisotopic (exact) mass is 337 g/mol. The van der Waals surface area contributed by atoms with E-state index >= 15 is 0 Å². The molecule has 124 valence electrons. The largest absolute Gasteiger partial charge is 0.451 e. The predicted octanol–water partition coefficient (Wildman–Crippen LogP) is 3.93. The fourth-order valence-electron chi connectivity index (χ4n) is 2.73. The zero-order valence-corrected chi connectivity index (χ0v) is 13.3. The van der Waals surface area contributed by atoms with E-state index in [1.54, 1.807) is 4.90 Å². The molecule has 0 aliphatic carbocycles. The van der Waals surface area contributed by atoms with Crippen molar-refractivity contribution in [1.82, 2.24) is 9.97 Å². The lowest BCUT2D eigenvalue weighted by molar-refractivity contribution is -0.144. The Morgan fingerprint density at radius 2 is 2.09 bits per heavy atom. The molecule has 0 amide bonds. The molecule has 8 heteroatoms. The van der Waals surface area contributed by atoms with Crippen molar-refractivity contribution in [1.29, 1.82) is 0 Å². The SMILES string of the molecule is CCCC1(CC)CN(c2cc(Cl)nc(C(F)(F)F)n2)CCO1. The number of hydrogen-bond donors (Lipinski definition) is 0. The molecular weight excluding hydrogens is 319 g/mol. The zero-order chi connectivity index (χ0) is 16.4. The second-order valence-electron chi connectivity index (χ2n) is 5.43. The number of aromatic nitrogens is 2. The van der Waals surface area contributed by atoms with Crippen LogP contribution in [0.4, 0.5) is 19.0 Å². The Hall–Kier alpha value is -1.08. The summed E-state index contributed by atoms with van der Waals surface area (Å²) in [4.78, 5) is 8.70. The first-order valence-corrected chi connectivity index (χ1v) is 7.68. The van der Waals surface area contributed by atoms with Crippen LogP contribution in [0.1, 0.15) is 38.9 Å². The van der Waals surface area contributed by atoms with Crippen molar-refractivity contribution >= 4 is 17.4 Å². The van der Waals surface area contributed by atoms with Crippen LogP contribution < -0.4 is 4.90 Å². The molecule has 0 bridgehead atoms. The van der Waals surface area contributed by atoms with E-state index in [1.807, 2.05) is 6.92 Å². The van der Waals surface area contributed by atoms with Crippen molar-refractivity contribution in [3.63, 3.8) is 0 Å². The lowest BCUT2D eigenvalue weighted by Crippen LogP contribution is -2.52. The van der Waals surface area contributed by atoms with Gasteiger partial charge < -0.3 is 9.64 Å². The molecule has 0 spiro atoms. The summed E-state index contributed by atoms with van der Waals surface area (Å²) in [5.74, 6) is -1.01. The van der Waals surface area contributed by atoms with Crippen LogP contribution >= 0.6 is 11.6 Å². The van der Waals surface area contributed by atoms with Gasteiger partial charge in [-0.25, -0.2) is 9.97 Å². The molecule has 1 saturated heterocycles. The third kappa shape index (κ3) is 3.81. The van der Waals surface area contributed by atoms with E-state index in [0.29, 0.717) is 19.7 Å². The molecule has 0 saturated carbocycles. The maximum Gasteiger partial charge on any atom is 0.451 e. The van der Waals surface area contributed by atoms with Crippen molar-refractivity contribution in [3.8, 4) is 0 Å². The number of morpholine rings is 1. The van der Waals surface area contributed by atoms with Crippen LogP contribution in [0.3, 0.4) is 0 Å². The number of rotatable bonds is 4. The Morgan fingerprint density at radius 3 is 2.68 bits per heavy atom. The number of halogens is 4. The Bertz CT molecular complexity index is 523. The smallest absolute Gasteiger partial charge is 0.371 e. The van der Waals surface area contributed by atoms with Gasteiger partial charge in [-0.15, -0.1) is 0 Å². The highest BCUT2D eigenvalue weighted by Crippen LogP contribution is 2.32. The molecular formula is C14H19ClF3N3O. The van der Waals surface area contributed by atoms with Gasteiger partial charge in [-0.05, 0) is 12.8 Å². The average molecular weight is 338 g/mol. The van der Waals surface area contributed by atoms with Crippen molar-refractivity contribution in [2.24, 2.45) is 0 Å². The van der Waals surface area contributed by atoms with Crippen molar-refractivity contribution in [2.75, 3.05) is 24.6 Å². The van der Waals surface area contributed by atoms with Gasteiger partial charge in [0, 0.05) is 19.2 Å². The first kappa shape index (κ1) is 17.3. The minimum Gasteiger partial charge on any atom is -0.371 e. The van der Waals surface area contributed by atoms with E-state index in [2.05, 4.69) is 16.9 Å². The van der Waals surface area contributed by atoms with E-state index in [1.165, 1.54) is 6.07 Å². The predicted molar refractivity (Wildman–Crippen MR) is 78.1 cm³/mol. The Balaban J connectivity index is 2.29. The van der Waals surface area contributed by atoms with Crippen molar-refractivity contribution in [3.05, 3.63) is 17.0 Å². The summed E-state index contributed by atoms with van der Waals surface area (Å²) in [5, 5.41) is -0.207. The van der Waals surface area contributed by atoms with E-state index < -0.39 is 12.0 Å². The third-order valence-corrected chi connectivity index (χ3v) is 4.05. The summed E-state index contributed by atoms with van der Waals surface area (Å²) in [6, 6.07) is 1.37. The Labute approximate surface area is 132 Å². The molecule has 1 fully saturated rings. The summed E-state index contributed by atoms with van der Waals surface area (Å²) < 4.78 is 44.4. The Morgan fingerprint density at radius 1 is 1.36 bits per heavy atom. The average Bonchev–Trinajstić information content (AvgIpc) is 2.46. The first-order valence-electron chi connectivity index (χ1n) is 7.30. The second-order valence-corrected chi connectivity index (χ2v) is 5.81. The maximum absolute atomic E-state index is 12.8. The molecule has 0 aromatic carbocycles. The van der Waals surface area contributed by atoms with Gasteiger partial charge in [0.15, 0.2) is 0 Å². The van der Waals surface area contributed by atoms with E-state index in [0.717, 1.165) is 19.3 Å². The molecule has 0 radical (unpaired) electrons. The topological polar surface area (TPSA) is 38.2 Å². The zero-order valence-electron chi connectivity index (χ0n) is 12.6. The molecule has 22 heavy (non-hydrogen) atoms. The quantitative estimate of drug-likeness (QED) is 0.780. The van der Waals surface area contributed by atoms with Crippen LogP contribution in [-0.2, 0) is 10.9 Å². The van der Waals surface area contributed by atoms with Gasteiger partial charge in [0.1, 0.15) is 11.0 Å². The molecule has 1 aromatic rings. The van der Waals surface area contributed by atoms with Crippen molar-refractivity contribution < 1.29 is 17.9 Å². The highest BCUT2D eigenvalue weighted by molar-refractivity contribution is 6.29. The summed E-state index contributed by atoms with van der Waals surface area (Å²) >= 11 is 5.73. The highest BCUT2D eigenvalue weighted by atomic mass is 35.5. The van der Waals surface area contributed by atoms with Gasteiger partial charge >= 0.3 is 6.18 Å². The fourth-order valence-corrected chi connectivity index (χ4v) is 2.91. The van der Waals surface area contributed by atoms with Gasteiger partial charge in [0.2, 0.25) is 5.82 Å². The summed E-state index contributed by atoms with van der Waals surface area (Å²) in [7, 11) is 0. The van der Waals surface area contributed by atoms with Crippen LogP contribution in [0.2, 0.25) is 5.15 Å². The van der Waals surface area contributed by atoms with Crippen LogP contribution in [-0.4, -0.2) is 35.3 Å². The lowest BCUT2D eigenvalue weighted by atomic mass is 9.92. The number of ether oxygens (including phenoxy) is 1. The summed E-state index contributed by atoms with van der Waals surface area (Å²) in [5.41, 5.74) is -0.344. The minimum atomic E-state index is -4.61. The minimum absolute atomic E-state index is 0.199. The van der Waals surface area contributed by atoms with E-state index in [4.69, 9.17) is 16.3 Å². The Kier molecular flexibility index (Phi) is 5.17. The fraction of sp³-hybridized carbons (Fsp3) is 0.714. The van der Waals surface area contributed by atoms with Gasteiger partial charge in [-0.3, -0.25) is 0 Å². The second kappa shape index (κ2) is 6.58. The van der Waals surface area contributed by atoms with Crippen LogP contribution in [0.25, 0.3) is 0 Å². The van der Waals surface area contributed by atoms with E-state index in [-0.39, 0.29) is 16.6 Å². The number of anilines is 1. The molecule has 2 rings (SSSR count). The van der Waals surface area contributed by atoms with Crippen LogP contribution in [0.5, 0.6) is 0 Å². The molecule has 1 atom stereocenters. The highest BCUT2D eigenvalue weighted by Gasteiger charge is 2.38. The summed E-state index contributed by atoms with van der Waals surface area (Å²) in [6.07, 6.45) is -2.02. The molecule has 1 unspecified atom stereocenters. The van der Waals surface area contributed by atoms with Crippen LogP contribution in [0.15, 0.2) is 6.07 Å².